The molecule has 1 aliphatic carbocycles. The van der Waals surface area contributed by atoms with Gasteiger partial charge in [-0.2, -0.15) is 5.10 Å². The summed E-state index contributed by atoms with van der Waals surface area (Å²) in [6.45, 7) is 5.90. The predicted molar refractivity (Wildman–Crippen MR) is 80.8 cm³/mol. The fourth-order valence-electron chi connectivity index (χ4n) is 1.90. The molecule has 0 atom stereocenters. The van der Waals surface area contributed by atoms with Gasteiger partial charge in [-0.1, -0.05) is 17.3 Å². The van der Waals surface area contributed by atoms with Crippen LogP contribution in [0.1, 0.15) is 31.2 Å². The molecular formula is C14H18N4OS. The zero-order valence-corrected chi connectivity index (χ0v) is 12.8. The molecule has 5 nitrogen and oxygen atoms in total. The maximum atomic E-state index is 11.7. The van der Waals surface area contributed by atoms with Crippen molar-refractivity contribution in [2.24, 2.45) is 5.10 Å². The number of hydrogen-bond acceptors (Lipinski definition) is 5. The Kier molecular flexibility index (Phi) is 4.89. The summed E-state index contributed by atoms with van der Waals surface area (Å²) in [7, 11) is 0. The minimum Gasteiger partial charge on any atom is -0.272 e. The van der Waals surface area contributed by atoms with Crippen LogP contribution in [-0.2, 0) is 4.79 Å². The van der Waals surface area contributed by atoms with Crippen LogP contribution in [0.2, 0.25) is 0 Å². The molecule has 0 unspecified atom stereocenters. The van der Waals surface area contributed by atoms with Crippen LogP contribution in [0.3, 0.4) is 0 Å². The van der Waals surface area contributed by atoms with Crippen LogP contribution in [0.4, 0.5) is 0 Å². The smallest absolute Gasteiger partial charge is 0.250 e. The highest BCUT2D eigenvalue weighted by molar-refractivity contribution is 7.99. The number of nitrogens with one attached hydrogen (secondary N) is 1. The monoisotopic (exact) mass is 290 g/mol. The molecule has 0 saturated heterocycles. The zero-order chi connectivity index (χ0) is 14.5. The molecule has 106 valence electrons. The zero-order valence-electron chi connectivity index (χ0n) is 11.9. The van der Waals surface area contributed by atoms with Crippen molar-refractivity contribution in [2.75, 3.05) is 5.75 Å². The largest absolute Gasteiger partial charge is 0.272 e. The van der Waals surface area contributed by atoms with E-state index >= 15 is 0 Å². The van der Waals surface area contributed by atoms with E-state index in [4.69, 9.17) is 0 Å². The van der Waals surface area contributed by atoms with Crippen molar-refractivity contribution in [3.63, 3.8) is 0 Å². The van der Waals surface area contributed by atoms with Crippen LogP contribution < -0.4 is 5.43 Å². The topological polar surface area (TPSA) is 67.2 Å². The Morgan fingerprint density at radius 1 is 1.30 bits per heavy atom. The Hall–Kier alpha value is -1.69. The summed E-state index contributed by atoms with van der Waals surface area (Å²) < 4.78 is 0. The Bertz CT molecular complexity index is 560. The van der Waals surface area contributed by atoms with E-state index in [1.54, 1.807) is 0 Å². The van der Waals surface area contributed by atoms with Crippen LogP contribution in [0.15, 0.2) is 28.0 Å². The van der Waals surface area contributed by atoms with Crippen molar-refractivity contribution >= 4 is 23.4 Å². The minimum atomic E-state index is -0.136. The van der Waals surface area contributed by atoms with E-state index in [0.29, 0.717) is 5.16 Å². The number of aromatic nitrogens is 2. The second-order valence-corrected chi connectivity index (χ2v) is 5.79. The molecule has 1 aromatic heterocycles. The summed E-state index contributed by atoms with van der Waals surface area (Å²) in [4.78, 5) is 20.3. The highest BCUT2D eigenvalue weighted by Gasteiger charge is 2.08. The molecule has 0 saturated carbocycles. The van der Waals surface area contributed by atoms with Crippen LogP contribution in [0, 0.1) is 13.8 Å². The quantitative estimate of drug-likeness (QED) is 0.525. The fraction of sp³-hybridized carbons (Fsp3) is 0.429. The molecule has 1 heterocycles. The number of carbonyl (C=O) groups excluding carboxylic acids is 1. The summed E-state index contributed by atoms with van der Waals surface area (Å²) in [5, 5.41) is 4.73. The normalized spacial score (nSPS) is 16.4. The summed E-state index contributed by atoms with van der Waals surface area (Å²) in [6, 6.07) is 1.91. The van der Waals surface area contributed by atoms with E-state index in [-0.39, 0.29) is 11.7 Å². The maximum absolute atomic E-state index is 11.7. The number of amides is 1. The van der Waals surface area contributed by atoms with Gasteiger partial charge in [0, 0.05) is 11.4 Å². The predicted octanol–water partition coefficient (Wildman–Crippen LogP) is 2.40. The second-order valence-electron chi connectivity index (χ2n) is 4.85. The molecule has 1 aromatic rings. The third-order valence-electron chi connectivity index (χ3n) is 2.81. The number of hydrogen-bond donors (Lipinski definition) is 1. The number of rotatable bonds is 4. The van der Waals surface area contributed by atoms with Crippen LogP contribution in [0.25, 0.3) is 0 Å². The SMILES string of the molecule is CC1=C/C(=N\NC(=O)CSc2nc(C)cc(C)n2)CC1. The highest BCUT2D eigenvalue weighted by atomic mass is 32.2. The van der Waals surface area contributed by atoms with Gasteiger partial charge in [0.25, 0.3) is 5.91 Å². The molecule has 1 amide bonds. The highest BCUT2D eigenvalue weighted by Crippen LogP contribution is 2.15. The van der Waals surface area contributed by atoms with Crippen molar-refractivity contribution in [1.82, 2.24) is 15.4 Å². The minimum absolute atomic E-state index is 0.136. The first-order valence-electron chi connectivity index (χ1n) is 6.50. The molecule has 2 rings (SSSR count). The van der Waals surface area contributed by atoms with E-state index in [9.17, 15) is 4.79 Å². The van der Waals surface area contributed by atoms with Crippen LogP contribution >= 0.6 is 11.8 Å². The van der Waals surface area contributed by atoms with E-state index in [2.05, 4.69) is 27.4 Å². The van der Waals surface area contributed by atoms with E-state index < -0.39 is 0 Å². The molecule has 1 aliphatic rings. The number of aryl methyl sites for hydroxylation is 2. The van der Waals surface area contributed by atoms with Gasteiger partial charge in [-0.3, -0.25) is 4.79 Å². The average Bonchev–Trinajstić information content (AvgIpc) is 2.79. The summed E-state index contributed by atoms with van der Waals surface area (Å²) in [5.41, 5.74) is 6.63. The lowest BCUT2D eigenvalue weighted by molar-refractivity contribution is -0.118. The van der Waals surface area contributed by atoms with E-state index in [0.717, 1.165) is 29.9 Å². The lowest BCUT2D eigenvalue weighted by Gasteiger charge is -2.02. The van der Waals surface area contributed by atoms with Crippen molar-refractivity contribution < 1.29 is 4.79 Å². The molecule has 0 aromatic carbocycles. The molecular weight excluding hydrogens is 272 g/mol. The van der Waals surface area contributed by atoms with Gasteiger partial charge < -0.3 is 0 Å². The average molecular weight is 290 g/mol. The summed E-state index contributed by atoms with van der Waals surface area (Å²) >= 11 is 1.32. The third-order valence-corrected chi connectivity index (χ3v) is 3.65. The third kappa shape index (κ3) is 4.45. The first-order chi connectivity index (χ1) is 9.52. The number of nitrogens with zero attached hydrogens (tertiary/aromatic N) is 3. The number of allylic oxidation sites excluding steroid dienone is 2. The Labute approximate surface area is 123 Å². The van der Waals surface area contributed by atoms with Crippen molar-refractivity contribution in [2.45, 2.75) is 38.8 Å². The Morgan fingerprint density at radius 3 is 2.60 bits per heavy atom. The number of hydrazone groups is 1. The van der Waals surface area contributed by atoms with Crippen molar-refractivity contribution in [1.29, 1.82) is 0 Å². The van der Waals surface area contributed by atoms with Gasteiger partial charge in [0.2, 0.25) is 0 Å². The van der Waals surface area contributed by atoms with Gasteiger partial charge in [0.15, 0.2) is 5.16 Å². The van der Waals surface area contributed by atoms with Crippen LogP contribution in [-0.4, -0.2) is 27.3 Å². The van der Waals surface area contributed by atoms with Gasteiger partial charge in [0.1, 0.15) is 0 Å². The van der Waals surface area contributed by atoms with E-state index in [1.165, 1.54) is 17.3 Å². The Balaban J connectivity index is 1.83. The van der Waals surface area contributed by atoms with Crippen molar-refractivity contribution in [3.8, 4) is 0 Å². The molecule has 0 aliphatic heterocycles. The molecule has 0 fully saturated rings. The Morgan fingerprint density at radius 2 is 2.00 bits per heavy atom. The van der Waals surface area contributed by atoms with Crippen molar-refractivity contribution in [3.05, 3.63) is 29.1 Å². The number of carbonyl (C=O) groups is 1. The molecule has 1 N–H and O–H groups in total. The van der Waals surface area contributed by atoms with Gasteiger partial charge in [-0.05, 0) is 45.8 Å². The van der Waals surface area contributed by atoms with Crippen LogP contribution in [0.5, 0.6) is 0 Å². The molecule has 0 bridgehead atoms. The second kappa shape index (κ2) is 6.65. The lowest BCUT2D eigenvalue weighted by Crippen LogP contribution is -2.21. The molecule has 6 heteroatoms. The number of thioether (sulfide) groups is 1. The van der Waals surface area contributed by atoms with E-state index in [1.807, 2.05) is 26.0 Å². The fourth-order valence-corrected chi connectivity index (χ4v) is 2.64. The maximum Gasteiger partial charge on any atom is 0.250 e. The van der Waals surface area contributed by atoms with Gasteiger partial charge in [-0.25, -0.2) is 15.4 Å². The molecule has 0 spiro atoms. The summed E-state index contributed by atoms with van der Waals surface area (Å²) in [5.74, 6) is 0.130. The van der Waals surface area contributed by atoms with Gasteiger partial charge in [-0.15, -0.1) is 0 Å². The first-order valence-corrected chi connectivity index (χ1v) is 7.49. The van der Waals surface area contributed by atoms with Gasteiger partial charge >= 0.3 is 0 Å². The van der Waals surface area contributed by atoms with Gasteiger partial charge in [0.05, 0.1) is 11.5 Å². The standard InChI is InChI=1S/C14H18N4OS/c1-9-4-5-12(6-9)17-18-13(19)8-20-14-15-10(2)7-11(3)16-14/h6-7H,4-5,8H2,1-3H3,(H,18,19)/b17-12-. The summed E-state index contributed by atoms with van der Waals surface area (Å²) in [6.07, 6.45) is 3.94. The molecule has 20 heavy (non-hydrogen) atoms. The first kappa shape index (κ1) is 14.7. The lowest BCUT2D eigenvalue weighted by atomic mass is 10.3. The molecule has 0 radical (unpaired) electrons.